The Morgan fingerprint density at radius 2 is 0.850 bits per heavy atom. The fourth-order valence-electron chi connectivity index (χ4n) is 8.87. The summed E-state index contributed by atoms with van der Waals surface area (Å²) in [4.78, 5) is 14.9. The Bertz CT molecular complexity index is 3520. The lowest BCUT2D eigenvalue weighted by molar-refractivity contribution is 0.670. The molecule has 60 heavy (non-hydrogen) atoms. The van der Waals surface area contributed by atoms with Crippen LogP contribution in [0.1, 0.15) is 0 Å². The van der Waals surface area contributed by atoms with Crippen molar-refractivity contribution in [3.05, 3.63) is 206 Å². The molecular weight excluding hydrogens is 733 g/mol. The van der Waals surface area contributed by atoms with Crippen molar-refractivity contribution < 1.29 is 4.42 Å². The highest BCUT2D eigenvalue weighted by atomic mass is 16.3. The lowest BCUT2D eigenvalue weighted by Crippen LogP contribution is -2.00. The van der Waals surface area contributed by atoms with Crippen LogP contribution in [0.4, 0.5) is 0 Å². The number of fused-ring (bicyclic) bond motifs is 8. The Hall–Kier alpha value is -8.15. The molecule has 5 nitrogen and oxygen atoms in total. The molecule has 0 saturated carbocycles. The lowest BCUT2D eigenvalue weighted by Gasteiger charge is -2.14. The third kappa shape index (κ3) is 5.52. The van der Waals surface area contributed by atoms with Crippen LogP contribution in [0.3, 0.4) is 0 Å². The predicted molar refractivity (Wildman–Crippen MR) is 246 cm³/mol. The molecule has 9 aromatic carbocycles. The molecular formula is C55H34N4O. The van der Waals surface area contributed by atoms with Crippen LogP contribution in [0, 0.1) is 0 Å². The highest BCUT2D eigenvalue weighted by Crippen LogP contribution is 2.44. The van der Waals surface area contributed by atoms with Crippen molar-refractivity contribution in [1.82, 2.24) is 19.5 Å². The molecule has 0 aliphatic carbocycles. The van der Waals surface area contributed by atoms with E-state index in [9.17, 15) is 0 Å². The van der Waals surface area contributed by atoms with Gasteiger partial charge in [-0.25, -0.2) is 15.0 Å². The molecule has 280 valence electrons. The van der Waals surface area contributed by atoms with E-state index in [1.54, 1.807) is 0 Å². The first kappa shape index (κ1) is 33.9. The molecule has 0 saturated heterocycles. The second-order valence-corrected chi connectivity index (χ2v) is 15.2. The van der Waals surface area contributed by atoms with E-state index in [1.807, 2.05) is 60.7 Å². The third-order valence-corrected chi connectivity index (χ3v) is 11.6. The highest BCUT2D eigenvalue weighted by molar-refractivity contribution is 6.24. The Balaban J connectivity index is 1.11. The highest BCUT2D eigenvalue weighted by Gasteiger charge is 2.22. The molecule has 0 unspecified atom stereocenters. The summed E-state index contributed by atoms with van der Waals surface area (Å²) < 4.78 is 9.37. The molecule has 0 atom stereocenters. The number of hydrogen-bond acceptors (Lipinski definition) is 4. The van der Waals surface area contributed by atoms with Gasteiger partial charge in [-0.1, -0.05) is 170 Å². The maximum absolute atomic E-state index is 6.93. The first-order chi connectivity index (χ1) is 29.7. The van der Waals surface area contributed by atoms with Gasteiger partial charge in [-0.3, -0.25) is 0 Å². The van der Waals surface area contributed by atoms with Gasteiger partial charge in [-0.2, -0.15) is 0 Å². The van der Waals surface area contributed by atoms with Crippen molar-refractivity contribution in [1.29, 1.82) is 0 Å². The van der Waals surface area contributed by atoms with Crippen molar-refractivity contribution in [2.45, 2.75) is 0 Å². The van der Waals surface area contributed by atoms with E-state index in [-0.39, 0.29) is 0 Å². The van der Waals surface area contributed by atoms with Gasteiger partial charge in [0.1, 0.15) is 11.2 Å². The Morgan fingerprint density at radius 1 is 0.333 bits per heavy atom. The van der Waals surface area contributed by atoms with E-state index >= 15 is 0 Å². The quantitative estimate of drug-likeness (QED) is 0.169. The molecule has 3 heterocycles. The zero-order chi connectivity index (χ0) is 39.6. The SMILES string of the molecule is c1ccc(-c2nc(-c3ccccc3)nc(-c3ccc4c(c3)oc3c(-c5ccccc5)cc(-n5c6ccccc6c6c7ccccc7c(-c7ccccc7)cc65)cc34)n2)cc1. The first-order valence-corrected chi connectivity index (χ1v) is 20.2. The van der Waals surface area contributed by atoms with Gasteiger partial charge in [0.2, 0.25) is 0 Å². The number of hydrogen-bond donors (Lipinski definition) is 0. The van der Waals surface area contributed by atoms with Crippen molar-refractivity contribution in [3.8, 4) is 62.1 Å². The normalized spacial score (nSPS) is 11.7. The van der Waals surface area contributed by atoms with Gasteiger partial charge < -0.3 is 8.98 Å². The van der Waals surface area contributed by atoms with Crippen molar-refractivity contribution in [2.75, 3.05) is 0 Å². The third-order valence-electron chi connectivity index (χ3n) is 11.6. The number of aromatic nitrogens is 4. The molecule has 0 spiro atoms. The molecule has 0 bridgehead atoms. The second kappa shape index (κ2) is 13.8. The standard InChI is InChI=1S/C55H34N4O/c1-5-17-35(18-6-1)45-34-49-51(43-26-14-13-25-41(43)45)44-27-15-16-28-48(44)59(49)40-32-46(36-19-7-2-8-20-36)52-47(33-40)42-30-29-39(31-50(42)60-52)55-57-53(37-21-9-3-10-22-37)56-54(58-55)38-23-11-4-12-24-38/h1-34H. The molecule has 0 aliphatic rings. The average Bonchev–Trinajstić information content (AvgIpc) is 3.87. The van der Waals surface area contributed by atoms with Crippen molar-refractivity contribution >= 4 is 54.5 Å². The molecule has 3 aromatic heterocycles. The lowest BCUT2D eigenvalue weighted by atomic mass is 9.95. The minimum absolute atomic E-state index is 0.584. The van der Waals surface area contributed by atoms with Crippen LogP contribution in [-0.4, -0.2) is 19.5 Å². The van der Waals surface area contributed by atoms with E-state index in [0.29, 0.717) is 17.5 Å². The van der Waals surface area contributed by atoms with Crippen molar-refractivity contribution in [3.63, 3.8) is 0 Å². The summed E-state index contributed by atoms with van der Waals surface area (Å²) in [6, 6.07) is 72.2. The maximum atomic E-state index is 6.93. The summed E-state index contributed by atoms with van der Waals surface area (Å²) in [7, 11) is 0. The van der Waals surface area contributed by atoms with E-state index in [0.717, 1.165) is 66.5 Å². The van der Waals surface area contributed by atoms with Crippen LogP contribution in [0.25, 0.3) is 117 Å². The fraction of sp³-hybridized carbons (Fsp3) is 0. The molecule has 0 N–H and O–H groups in total. The number of nitrogens with zero attached hydrogens (tertiary/aromatic N) is 4. The molecule has 0 amide bonds. The van der Waals surface area contributed by atoms with Gasteiger partial charge >= 0.3 is 0 Å². The van der Waals surface area contributed by atoms with Crippen LogP contribution in [0.5, 0.6) is 0 Å². The zero-order valence-electron chi connectivity index (χ0n) is 32.3. The van der Waals surface area contributed by atoms with Crippen LogP contribution in [0.15, 0.2) is 211 Å². The Morgan fingerprint density at radius 3 is 1.48 bits per heavy atom. The number of furan rings is 1. The van der Waals surface area contributed by atoms with Gasteiger partial charge in [-0.15, -0.1) is 0 Å². The van der Waals surface area contributed by atoms with Crippen LogP contribution in [-0.2, 0) is 0 Å². The zero-order valence-corrected chi connectivity index (χ0v) is 32.3. The summed E-state index contributed by atoms with van der Waals surface area (Å²) in [5.74, 6) is 1.82. The molecule has 12 aromatic rings. The van der Waals surface area contributed by atoms with Gasteiger partial charge in [0.15, 0.2) is 17.5 Å². The minimum Gasteiger partial charge on any atom is -0.455 e. The monoisotopic (exact) mass is 766 g/mol. The maximum Gasteiger partial charge on any atom is 0.164 e. The molecule has 0 fully saturated rings. The van der Waals surface area contributed by atoms with E-state index < -0.39 is 0 Å². The van der Waals surface area contributed by atoms with Gasteiger partial charge in [0, 0.05) is 49.5 Å². The number of benzene rings is 9. The largest absolute Gasteiger partial charge is 0.455 e. The fourth-order valence-corrected chi connectivity index (χ4v) is 8.87. The van der Waals surface area contributed by atoms with Gasteiger partial charge in [-0.05, 0) is 63.9 Å². The van der Waals surface area contributed by atoms with Crippen molar-refractivity contribution in [2.24, 2.45) is 0 Å². The second-order valence-electron chi connectivity index (χ2n) is 15.2. The molecule has 0 radical (unpaired) electrons. The summed E-state index contributed by atoms with van der Waals surface area (Å²) >= 11 is 0. The van der Waals surface area contributed by atoms with E-state index in [4.69, 9.17) is 19.4 Å². The van der Waals surface area contributed by atoms with Gasteiger partial charge in [0.05, 0.1) is 11.0 Å². The van der Waals surface area contributed by atoms with Crippen LogP contribution in [0.2, 0.25) is 0 Å². The smallest absolute Gasteiger partial charge is 0.164 e. The first-order valence-electron chi connectivity index (χ1n) is 20.2. The van der Waals surface area contributed by atoms with E-state index in [2.05, 4.69) is 150 Å². The van der Waals surface area contributed by atoms with E-state index in [1.165, 1.54) is 32.7 Å². The molecule has 5 heteroatoms. The summed E-state index contributed by atoms with van der Waals surface area (Å²) in [6.45, 7) is 0. The molecule has 0 aliphatic heterocycles. The Labute approximate surface area is 345 Å². The number of para-hydroxylation sites is 1. The van der Waals surface area contributed by atoms with Crippen LogP contribution < -0.4 is 0 Å². The number of rotatable bonds is 6. The summed E-state index contributed by atoms with van der Waals surface area (Å²) in [6.07, 6.45) is 0. The van der Waals surface area contributed by atoms with Crippen LogP contribution >= 0.6 is 0 Å². The average molecular weight is 767 g/mol. The molecule has 12 rings (SSSR count). The van der Waals surface area contributed by atoms with Gasteiger partial charge in [0.25, 0.3) is 0 Å². The summed E-state index contributed by atoms with van der Waals surface area (Å²) in [5.41, 5.74) is 12.2. The Kier molecular flexibility index (Phi) is 7.78. The topological polar surface area (TPSA) is 56.7 Å². The predicted octanol–water partition coefficient (Wildman–Crippen LogP) is 14.4. The minimum atomic E-state index is 0.584. The summed E-state index contributed by atoms with van der Waals surface area (Å²) in [5, 5.41) is 6.98.